The summed E-state index contributed by atoms with van der Waals surface area (Å²) >= 11 is 0. The van der Waals surface area contributed by atoms with Gasteiger partial charge in [-0.05, 0) is 24.8 Å². The molecule has 3 nitrogen and oxygen atoms in total. The predicted molar refractivity (Wildman–Crippen MR) is 109 cm³/mol. The number of aryl methyl sites for hydroxylation is 1. The van der Waals surface area contributed by atoms with E-state index in [4.69, 9.17) is 5.73 Å². The van der Waals surface area contributed by atoms with Gasteiger partial charge in [-0.3, -0.25) is 5.73 Å². The molecular formula is C23H32N3+. The number of H-pyrrole nitrogens is 1. The summed E-state index contributed by atoms with van der Waals surface area (Å²) in [6, 6.07) is 12.6. The van der Waals surface area contributed by atoms with Gasteiger partial charge < -0.3 is 0 Å². The maximum Gasteiger partial charge on any atom is 0.289 e. The fraction of sp³-hybridized carbons (Fsp3) is 0.478. The lowest BCUT2D eigenvalue weighted by Gasteiger charge is -2.15. The summed E-state index contributed by atoms with van der Waals surface area (Å²) in [5.74, 6) is 0.496. The molecular weight excluding hydrogens is 318 g/mol. The van der Waals surface area contributed by atoms with Gasteiger partial charge in [-0.2, -0.15) is 5.26 Å². The Bertz CT molecular complexity index is 729. The minimum Gasteiger partial charge on any atom is -0.286 e. The Balaban J connectivity index is 2.49. The Labute approximate surface area is 158 Å². The van der Waals surface area contributed by atoms with Gasteiger partial charge in [-0.15, -0.1) is 0 Å². The van der Waals surface area contributed by atoms with Gasteiger partial charge in [0.15, 0.2) is 0 Å². The summed E-state index contributed by atoms with van der Waals surface area (Å²) in [6.07, 6.45) is 10.4. The number of benzene rings is 1. The van der Waals surface area contributed by atoms with Gasteiger partial charge in [0.1, 0.15) is 17.3 Å². The maximum absolute atomic E-state index is 9.74. The van der Waals surface area contributed by atoms with E-state index in [0.717, 1.165) is 36.8 Å². The molecule has 26 heavy (non-hydrogen) atoms. The minimum absolute atomic E-state index is 0.496. The number of aromatic nitrogens is 1. The fourth-order valence-electron chi connectivity index (χ4n) is 3.55. The molecule has 3 heteroatoms. The lowest BCUT2D eigenvalue weighted by Crippen LogP contribution is -2.22. The van der Waals surface area contributed by atoms with E-state index in [1.165, 1.54) is 43.4 Å². The number of nitrogens with zero attached hydrogens (tertiary/aromatic N) is 1. The van der Waals surface area contributed by atoms with Gasteiger partial charge in [0.05, 0.1) is 0 Å². The van der Waals surface area contributed by atoms with Gasteiger partial charge in [0.2, 0.25) is 0 Å². The van der Waals surface area contributed by atoms with Crippen molar-refractivity contribution in [2.45, 2.75) is 71.6 Å². The first-order chi connectivity index (χ1) is 12.7. The molecule has 0 spiro atoms. The van der Waals surface area contributed by atoms with Crippen LogP contribution in [-0.4, -0.2) is 0 Å². The molecule has 0 aliphatic carbocycles. The number of unbranched alkanes of at least 4 members (excludes halogenated alkanes) is 5. The van der Waals surface area contributed by atoms with Crippen molar-refractivity contribution in [1.82, 2.24) is 0 Å². The highest BCUT2D eigenvalue weighted by molar-refractivity contribution is 5.77. The van der Waals surface area contributed by atoms with Crippen molar-refractivity contribution in [1.29, 1.82) is 5.26 Å². The number of hydrogen-bond donors (Lipinski definition) is 1. The standard InChI is InChI=1S/C23H31N3/c1-3-5-7-12-16-21-19(15-9-6-4-2)22(18-13-10-8-11-14-18)20(17-24)23(25)26-21/h8,10-11,13-14H,3-7,9,12,15-16H2,1-2H3,(H2,25,26)/p+1. The quantitative estimate of drug-likeness (QED) is 0.577. The van der Waals surface area contributed by atoms with Crippen molar-refractivity contribution in [3.8, 4) is 17.2 Å². The summed E-state index contributed by atoms with van der Waals surface area (Å²) in [6.45, 7) is 4.45. The van der Waals surface area contributed by atoms with Gasteiger partial charge in [-0.25, -0.2) is 4.98 Å². The highest BCUT2D eigenvalue weighted by Crippen LogP contribution is 2.32. The zero-order valence-corrected chi connectivity index (χ0v) is 16.3. The van der Waals surface area contributed by atoms with E-state index < -0.39 is 0 Å². The summed E-state index contributed by atoms with van der Waals surface area (Å²) in [5.41, 5.74) is 11.5. The van der Waals surface area contributed by atoms with Crippen LogP contribution in [0.3, 0.4) is 0 Å². The molecule has 0 aliphatic rings. The summed E-state index contributed by atoms with van der Waals surface area (Å²) in [5, 5.41) is 9.74. The van der Waals surface area contributed by atoms with Crippen molar-refractivity contribution in [2.75, 3.05) is 5.73 Å². The number of nitriles is 1. The van der Waals surface area contributed by atoms with Crippen LogP contribution in [0, 0.1) is 11.3 Å². The lowest BCUT2D eigenvalue weighted by atomic mass is 9.89. The number of rotatable bonds is 10. The Morgan fingerprint density at radius 1 is 0.923 bits per heavy atom. The van der Waals surface area contributed by atoms with Crippen LogP contribution in [-0.2, 0) is 12.8 Å². The Hall–Kier alpha value is -2.34. The van der Waals surface area contributed by atoms with E-state index >= 15 is 0 Å². The van der Waals surface area contributed by atoms with Crippen LogP contribution in [0.15, 0.2) is 30.3 Å². The molecule has 3 N–H and O–H groups in total. The van der Waals surface area contributed by atoms with Gasteiger partial charge in [0, 0.05) is 17.5 Å². The van der Waals surface area contributed by atoms with Gasteiger partial charge in [0.25, 0.3) is 5.82 Å². The Kier molecular flexibility index (Phi) is 8.15. The topological polar surface area (TPSA) is 63.9 Å². The number of aromatic amines is 1. The van der Waals surface area contributed by atoms with E-state index in [-0.39, 0.29) is 0 Å². The van der Waals surface area contributed by atoms with Crippen molar-refractivity contribution < 1.29 is 4.98 Å². The van der Waals surface area contributed by atoms with Gasteiger partial charge >= 0.3 is 0 Å². The molecule has 0 saturated heterocycles. The lowest BCUT2D eigenvalue weighted by molar-refractivity contribution is -0.374. The highest BCUT2D eigenvalue weighted by atomic mass is 14.9. The van der Waals surface area contributed by atoms with Crippen LogP contribution < -0.4 is 10.7 Å². The van der Waals surface area contributed by atoms with E-state index in [0.29, 0.717) is 11.4 Å². The fourth-order valence-corrected chi connectivity index (χ4v) is 3.55. The zero-order valence-electron chi connectivity index (χ0n) is 16.3. The molecule has 0 amide bonds. The van der Waals surface area contributed by atoms with E-state index in [2.05, 4.69) is 37.0 Å². The first kappa shape index (κ1) is 20.0. The normalized spacial score (nSPS) is 10.7. The molecule has 2 rings (SSSR count). The number of hydrogen-bond acceptors (Lipinski definition) is 2. The van der Waals surface area contributed by atoms with Crippen molar-refractivity contribution in [3.63, 3.8) is 0 Å². The summed E-state index contributed by atoms with van der Waals surface area (Å²) in [4.78, 5) is 3.36. The van der Waals surface area contributed by atoms with Crippen LogP contribution in [0.1, 0.15) is 75.6 Å². The maximum atomic E-state index is 9.74. The Morgan fingerprint density at radius 2 is 1.58 bits per heavy atom. The smallest absolute Gasteiger partial charge is 0.286 e. The molecule has 0 aliphatic heterocycles. The van der Waals surface area contributed by atoms with E-state index in [1.807, 2.05) is 18.2 Å². The average Bonchev–Trinajstić information content (AvgIpc) is 2.67. The molecule has 2 aromatic rings. The van der Waals surface area contributed by atoms with Crippen molar-refractivity contribution in [2.24, 2.45) is 0 Å². The van der Waals surface area contributed by atoms with Crippen LogP contribution in [0.2, 0.25) is 0 Å². The molecule has 1 heterocycles. The number of nitrogens with one attached hydrogen (secondary N) is 1. The van der Waals surface area contributed by atoms with Crippen molar-refractivity contribution >= 4 is 5.82 Å². The summed E-state index contributed by atoms with van der Waals surface area (Å²) in [7, 11) is 0. The van der Waals surface area contributed by atoms with E-state index in [1.54, 1.807) is 0 Å². The van der Waals surface area contributed by atoms with Crippen LogP contribution in [0.25, 0.3) is 11.1 Å². The SMILES string of the molecule is CCCCCCc1[nH+]c(N)c(C#N)c(-c2ccccc2)c1CCCCC. The third-order valence-corrected chi connectivity index (χ3v) is 4.96. The first-order valence-electron chi connectivity index (χ1n) is 10.0. The number of nitrogen functional groups attached to an aromatic ring is 1. The average molecular weight is 351 g/mol. The molecule has 0 bridgehead atoms. The van der Waals surface area contributed by atoms with Crippen LogP contribution in [0.5, 0.6) is 0 Å². The second-order valence-corrected chi connectivity index (χ2v) is 6.99. The molecule has 138 valence electrons. The second kappa shape index (κ2) is 10.6. The minimum atomic E-state index is 0.496. The van der Waals surface area contributed by atoms with Crippen LogP contribution >= 0.6 is 0 Å². The molecule has 1 aromatic carbocycles. The molecule has 1 aromatic heterocycles. The third-order valence-electron chi connectivity index (χ3n) is 4.96. The van der Waals surface area contributed by atoms with Gasteiger partial charge in [-0.1, -0.05) is 76.3 Å². The predicted octanol–water partition coefficient (Wildman–Crippen LogP) is 5.48. The second-order valence-electron chi connectivity index (χ2n) is 6.99. The zero-order chi connectivity index (χ0) is 18.8. The first-order valence-corrected chi connectivity index (χ1v) is 10.0. The molecule has 0 saturated carbocycles. The summed E-state index contributed by atoms with van der Waals surface area (Å²) < 4.78 is 0. The molecule has 0 unspecified atom stereocenters. The molecule has 0 atom stereocenters. The number of nitrogens with two attached hydrogens (primary N) is 1. The highest BCUT2D eigenvalue weighted by Gasteiger charge is 2.22. The van der Waals surface area contributed by atoms with Crippen LogP contribution in [0.4, 0.5) is 5.82 Å². The van der Waals surface area contributed by atoms with E-state index in [9.17, 15) is 5.26 Å². The molecule has 0 fully saturated rings. The monoisotopic (exact) mass is 350 g/mol. The number of anilines is 1. The largest absolute Gasteiger partial charge is 0.289 e. The molecule has 0 radical (unpaired) electrons. The van der Waals surface area contributed by atoms with Crippen molar-refractivity contribution in [3.05, 3.63) is 47.2 Å². The Morgan fingerprint density at radius 3 is 2.23 bits per heavy atom. The third kappa shape index (κ3) is 5.08. The number of pyridine rings is 1.